The lowest BCUT2D eigenvalue weighted by Crippen LogP contribution is -2.33. The number of hydrogen-bond donors (Lipinski definition) is 1. The summed E-state index contributed by atoms with van der Waals surface area (Å²) in [7, 11) is -3.70. The molecule has 2 heterocycles. The predicted octanol–water partition coefficient (Wildman–Crippen LogP) is 2.73. The number of sulfonamides is 1. The smallest absolute Gasteiger partial charge is 0.312 e. The normalized spacial score (nSPS) is 19.5. The van der Waals surface area contributed by atoms with Crippen molar-refractivity contribution in [2.24, 2.45) is 0 Å². The van der Waals surface area contributed by atoms with Crippen molar-refractivity contribution in [3.05, 3.63) is 54.1 Å². The quantitative estimate of drug-likeness (QED) is 0.820. The first-order chi connectivity index (χ1) is 12.9. The number of rotatable bonds is 4. The zero-order valence-electron chi connectivity index (χ0n) is 14.8. The highest BCUT2D eigenvalue weighted by Crippen LogP contribution is 2.32. The van der Waals surface area contributed by atoms with Gasteiger partial charge in [-0.3, -0.25) is 9.52 Å². The monoisotopic (exact) mass is 385 g/mol. The van der Waals surface area contributed by atoms with Gasteiger partial charge >= 0.3 is 6.03 Å². The Morgan fingerprint density at radius 3 is 2.30 bits per heavy atom. The lowest BCUT2D eigenvalue weighted by molar-refractivity contribution is -0.119. The van der Waals surface area contributed by atoms with Gasteiger partial charge in [0.2, 0.25) is 0 Å². The van der Waals surface area contributed by atoms with Gasteiger partial charge in [-0.1, -0.05) is 17.7 Å². The first-order valence-electron chi connectivity index (χ1n) is 8.71. The van der Waals surface area contributed by atoms with E-state index in [4.69, 9.17) is 0 Å². The number of anilines is 2. The van der Waals surface area contributed by atoms with Crippen LogP contribution in [0.25, 0.3) is 0 Å². The van der Waals surface area contributed by atoms with Crippen molar-refractivity contribution in [2.75, 3.05) is 16.2 Å². The van der Waals surface area contributed by atoms with Crippen LogP contribution in [0.4, 0.5) is 16.2 Å². The van der Waals surface area contributed by atoms with Crippen LogP contribution in [0.1, 0.15) is 18.4 Å². The first-order valence-corrected chi connectivity index (χ1v) is 10.2. The highest BCUT2D eigenvalue weighted by atomic mass is 32.2. The third-order valence-corrected chi connectivity index (χ3v) is 6.30. The molecule has 0 bridgehead atoms. The maximum absolute atomic E-state index is 12.5. The fourth-order valence-electron chi connectivity index (χ4n) is 3.47. The van der Waals surface area contributed by atoms with Crippen molar-refractivity contribution < 1.29 is 18.0 Å². The SMILES string of the molecule is Cc1ccc(S(=O)(=O)Nc2ccc(N3C(=O)C4CCCN4C3=O)cc2)cc1. The minimum absolute atomic E-state index is 0.169. The maximum Gasteiger partial charge on any atom is 0.332 e. The highest BCUT2D eigenvalue weighted by molar-refractivity contribution is 7.92. The molecule has 140 valence electrons. The van der Waals surface area contributed by atoms with Gasteiger partial charge in [-0.25, -0.2) is 18.1 Å². The summed E-state index contributed by atoms with van der Waals surface area (Å²) in [6, 6.07) is 12.1. The third kappa shape index (κ3) is 3.06. The van der Waals surface area contributed by atoms with Crippen LogP contribution in [0.3, 0.4) is 0 Å². The van der Waals surface area contributed by atoms with Crippen LogP contribution in [0.5, 0.6) is 0 Å². The second-order valence-electron chi connectivity index (χ2n) is 6.77. The summed E-state index contributed by atoms with van der Waals surface area (Å²) in [5.74, 6) is -0.217. The van der Waals surface area contributed by atoms with Crippen LogP contribution in [0.15, 0.2) is 53.4 Å². The molecule has 2 aliphatic heterocycles. The number of imide groups is 1. The van der Waals surface area contributed by atoms with Gasteiger partial charge in [-0.05, 0) is 56.2 Å². The van der Waals surface area contributed by atoms with Gasteiger partial charge in [0, 0.05) is 12.2 Å². The molecule has 0 radical (unpaired) electrons. The fourth-order valence-corrected chi connectivity index (χ4v) is 4.53. The molecule has 2 fully saturated rings. The van der Waals surface area contributed by atoms with Gasteiger partial charge in [-0.15, -0.1) is 0 Å². The molecule has 0 saturated carbocycles. The molecule has 2 saturated heterocycles. The molecule has 27 heavy (non-hydrogen) atoms. The lowest BCUT2D eigenvalue weighted by Gasteiger charge is -2.16. The van der Waals surface area contributed by atoms with Crippen LogP contribution in [-0.2, 0) is 14.8 Å². The van der Waals surface area contributed by atoms with E-state index < -0.39 is 10.0 Å². The number of hydrogen-bond acceptors (Lipinski definition) is 4. The Morgan fingerprint density at radius 1 is 1.00 bits per heavy atom. The van der Waals surface area contributed by atoms with Crippen LogP contribution in [0.2, 0.25) is 0 Å². The number of urea groups is 1. The number of carbonyl (C=O) groups excluding carboxylic acids is 2. The summed E-state index contributed by atoms with van der Waals surface area (Å²) < 4.78 is 27.4. The zero-order valence-corrected chi connectivity index (χ0v) is 15.6. The standard InChI is InChI=1S/C19H19N3O4S/c1-13-4-10-16(11-5-13)27(25,26)20-14-6-8-15(9-7-14)22-18(23)17-3-2-12-21(17)19(22)24/h4-11,17,20H,2-3,12H2,1H3. The largest absolute Gasteiger partial charge is 0.332 e. The van der Waals surface area contributed by atoms with E-state index in [1.54, 1.807) is 53.4 Å². The van der Waals surface area contributed by atoms with Gasteiger partial charge in [0.05, 0.1) is 10.6 Å². The van der Waals surface area contributed by atoms with Crippen molar-refractivity contribution in [1.29, 1.82) is 0 Å². The Morgan fingerprint density at radius 2 is 1.67 bits per heavy atom. The predicted molar refractivity (Wildman–Crippen MR) is 101 cm³/mol. The van der Waals surface area contributed by atoms with E-state index in [2.05, 4.69) is 4.72 Å². The molecule has 2 aliphatic rings. The number of fused-ring (bicyclic) bond motifs is 1. The summed E-state index contributed by atoms with van der Waals surface area (Å²) in [6.45, 7) is 2.48. The van der Waals surface area contributed by atoms with Gasteiger partial charge in [0.15, 0.2) is 0 Å². The Labute approximate surface area is 157 Å². The van der Waals surface area contributed by atoms with E-state index in [1.165, 1.54) is 4.90 Å². The third-order valence-electron chi connectivity index (χ3n) is 4.90. The minimum atomic E-state index is -3.70. The van der Waals surface area contributed by atoms with Crippen LogP contribution in [0, 0.1) is 6.92 Å². The topological polar surface area (TPSA) is 86.8 Å². The van der Waals surface area contributed by atoms with E-state index in [9.17, 15) is 18.0 Å². The van der Waals surface area contributed by atoms with Gasteiger partial charge in [-0.2, -0.15) is 0 Å². The molecule has 2 aromatic carbocycles. The fraction of sp³-hybridized carbons (Fsp3) is 0.263. The van der Waals surface area contributed by atoms with Crippen molar-refractivity contribution in [1.82, 2.24) is 4.90 Å². The van der Waals surface area contributed by atoms with E-state index >= 15 is 0 Å². The molecular formula is C19H19N3O4S. The van der Waals surface area contributed by atoms with Crippen LogP contribution in [-0.4, -0.2) is 37.8 Å². The Bertz CT molecular complexity index is 978. The van der Waals surface area contributed by atoms with Gasteiger partial charge in [0.1, 0.15) is 6.04 Å². The second kappa shape index (κ2) is 6.38. The van der Waals surface area contributed by atoms with E-state index in [0.29, 0.717) is 24.3 Å². The number of benzene rings is 2. The van der Waals surface area contributed by atoms with Crippen LogP contribution >= 0.6 is 0 Å². The Hall–Kier alpha value is -2.87. The summed E-state index contributed by atoms with van der Waals surface area (Å²) in [6.07, 6.45) is 1.53. The average Bonchev–Trinajstić information content (AvgIpc) is 3.20. The summed E-state index contributed by atoms with van der Waals surface area (Å²) >= 11 is 0. The molecule has 3 amide bonds. The molecule has 2 aromatic rings. The van der Waals surface area contributed by atoms with Crippen molar-refractivity contribution in [3.63, 3.8) is 0 Å². The average molecular weight is 385 g/mol. The molecular weight excluding hydrogens is 366 g/mol. The van der Waals surface area contributed by atoms with Crippen LogP contribution < -0.4 is 9.62 Å². The number of amides is 3. The molecule has 0 aromatic heterocycles. The van der Waals surface area contributed by atoms with E-state index in [1.807, 2.05) is 6.92 Å². The molecule has 1 atom stereocenters. The first kappa shape index (κ1) is 17.5. The van der Waals surface area contributed by atoms with Gasteiger partial charge in [0.25, 0.3) is 15.9 Å². The molecule has 0 aliphatic carbocycles. The number of nitrogens with one attached hydrogen (secondary N) is 1. The minimum Gasteiger partial charge on any atom is -0.312 e. The second-order valence-corrected chi connectivity index (χ2v) is 8.46. The maximum atomic E-state index is 12.5. The molecule has 0 spiro atoms. The number of carbonyl (C=O) groups is 2. The molecule has 8 heteroatoms. The Balaban J connectivity index is 1.53. The van der Waals surface area contributed by atoms with Crippen molar-refractivity contribution in [2.45, 2.75) is 30.7 Å². The number of aryl methyl sites for hydroxylation is 1. The summed E-state index contributed by atoms with van der Waals surface area (Å²) in [5, 5.41) is 0. The van der Waals surface area contributed by atoms with E-state index in [-0.39, 0.29) is 22.9 Å². The summed E-state index contributed by atoms with van der Waals surface area (Å²) in [5.41, 5.74) is 1.77. The van der Waals surface area contributed by atoms with Crippen molar-refractivity contribution >= 4 is 33.3 Å². The van der Waals surface area contributed by atoms with Gasteiger partial charge < -0.3 is 4.90 Å². The van der Waals surface area contributed by atoms with E-state index in [0.717, 1.165) is 12.0 Å². The van der Waals surface area contributed by atoms with Crippen molar-refractivity contribution in [3.8, 4) is 0 Å². The Kier molecular flexibility index (Phi) is 4.15. The lowest BCUT2D eigenvalue weighted by atomic mass is 10.2. The molecule has 1 unspecified atom stereocenters. The summed E-state index contributed by atoms with van der Waals surface area (Å²) in [4.78, 5) is 27.9. The number of nitrogens with zero attached hydrogens (tertiary/aromatic N) is 2. The molecule has 7 nitrogen and oxygen atoms in total. The molecule has 4 rings (SSSR count). The molecule has 1 N–H and O–H groups in total. The highest BCUT2D eigenvalue weighted by Gasteiger charge is 2.47. The zero-order chi connectivity index (χ0) is 19.2.